The van der Waals surface area contributed by atoms with Crippen LogP contribution in [0.2, 0.25) is 0 Å². The fourth-order valence-electron chi connectivity index (χ4n) is 2.87. The van der Waals surface area contributed by atoms with Crippen LogP contribution in [-0.4, -0.2) is 46.0 Å². The fourth-order valence-corrected chi connectivity index (χ4v) is 2.87. The van der Waals surface area contributed by atoms with E-state index in [2.05, 4.69) is 10.4 Å². The zero-order chi connectivity index (χ0) is 17.0. The molecule has 1 aliphatic rings. The van der Waals surface area contributed by atoms with Gasteiger partial charge in [-0.3, -0.25) is 9.48 Å². The van der Waals surface area contributed by atoms with Gasteiger partial charge in [-0.1, -0.05) is 13.8 Å². The van der Waals surface area contributed by atoms with Crippen LogP contribution in [-0.2, 0) is 9.53 Å². The molecule has 7 heteroatoms. The molecule has 23 heavy (non-hydrogen) atoms. The van der Waals surface area contributed by atoms with Crippen LogP contribution in [0.25, 0.3) is 0 Å². The summed E-state index contributed by atoms with van der Waals surface area (Å²) in [4.78, 5) is 23.7. The molecule has 0 saturated carbocycles. The normalized spacial score (nSPS) is 17.2. The topological polar surface area (TPSA) is 93.5 Å². The van der Waals surface area contributed by atoms with Crippen molar-refractivity contribution in [3.63, 3.8) is 0 Å². The van der Waals surface area contributed by atoms with Crippen LogP contribution in [0.5, 0.6) is 0 Å². The molecule has 2 heterocycles. The SMILES string of the molecule is Cc1c(C(=O)N[C@@H](CC(C)C)C(=O)O)cnn1C1CCOCC1. The second-order valence-electron chi connectivity index (χ2n) is 6.43. The van der Waals surface area contributed by atoms with Crippen LogP contribution < -0.4 is 5.32 Å². The van der Waals surface area contributed by atoms with Gasteiger partial charge in [-0.2, -0.15) is 5.10 Å². The van der Waals surface area contributed by atoms with E-state index in [-0.39, 0.29) is 17.9 Å². The highest BCUT2D eigenvalue weighted by atomic mass is 16.5. The smallest absolute Gasteiger partial charge is 0.326 e. The largest absolute Gasteiger partial charge is 0.480 e. The first-order valence-corrected chi connectivity index (χ1v) is 8.05. The van der Waals surface area contributed by atoms with Gasteiger partial charge >= 0.3 is 5.97 Å². The van der Waals surface area contributed by atoms with Crippen LogP contribution in [0.3, 0.4) is 0 Å². The average molecular weight is 323 g/mol. The van der Waals surface area contributed by atoms with Crippen molar-refractivity contribution >= 4 is 11.9 Å². The molecule has 1 aromatic rings. The molecule has 2 rings (SSSR count). The number of nitrogens with zero attached hydrogens (tertiary/aromatic N) is 2. The molecule has 0 aromatic carbocycles. The zero-order valence-corrected chi connectivity index (χ0v) is 13.9. The van der Waals surface area contributed by atoms with Crippen molar-refractivity contribution in [2.45, 2.75) is 52.1 Å². The maximum absolute atomic E-state index is 12.4. The summed E-state index contributed by atoms with van der Waals surface area (Å²) < 4.78 is 7.20. The van der Waals surface area contributed by atoms with Gasteiger partial charge in [0.15, 0.2) is 0 Å². The summed E-state index contributed by atoms with van der Waals surface area (Å²) in [5.41, 5.74) is 1.20. The summed E-state index contributed by atoms with van der Waals surface area (Å²) in [5.74, 6) is -1.21. The molecule has 0 bridgehead atoms. The Balaban J connectivity index is 2.10. The molecule has 1 aromatic heterocycles. The molecule has 1 fully saturated rings. The first-order chi connectivity index (χ1) is 10.9. The Morgan fingerprint density at radius 2 is 2.09 bits per heavy atom. The van der Waals surface area contributed by atoms with Gasteiger partial charge in [0.2, 0.25) is 0 Å². The van der Waals surface area contributed by atoms with E-state index in [1.165, 1.54) is 6.20 Å². The van der Waals surface area contributed by atoms with Gasteiger partial charge in [-0.05, 0) is 32.1 Å². The Morgan fingerprint density at radius 1 is 1.43 bits per heavy atom. The number of amides is 1. The molecular formula is C16H25N3O4. The standard InChI is InChI=1S/C16H25N3O4/c1-10(2)8-14(16(21)22)18-15(20)13-9-17-19(11(13)3)12-4-6-23-7-5-12/h9-10,12,14H,4-8H2,1-3H3,(H,18,20)(H,21,22)/t14-/m0/s1. The fraction of sp³-hybridized carbons (Fsp3) is 0.688. The second-order valence-corrected chi connectivity index (χ2v) is 6.43. The predicted molar refractivity (Wildman–Crippen MR) is 84.4 cm³/mol. The maximum atomic E-state index is 12.4. The van der Waals surface area contributed by atoms with E-state index in [0.717, 1.165) is 18.5 Å². The van der Waals surface area contributed by atoms with E-state index in [1.807, 2.05) is 25.5 Å². The number of carbonyl (C=O) groups excluding carboxylic acids is 1. The third-order valence-electron chi connectivity index (χ3n) is 4.14. The Hall–Kier alpha value is -1.89. The van der Waals surface area contributed by atoms with E-state index in [9.17, 15) is 14.7 Å². The van der Waals surface area contributed by atoms with Crippen LogP contribution in [0.15, 0.2) is 6.20 Å². The minimum Gasteiger partial charge on any atom is -0.480 e. The third-order valence-corrected chi connectivity index (χ3v) is 4.14. The minimum atomic E-state index is -1.01. The van der Waals surface area contributed by atoms with Crippen LogP contribution >= 0.6 is 0 Å². The summed E-state index contributed by atoms with van der Waals surface area (Å²) in [6, 6.07) is -0.649. The van der Waals surface area contributed by atoms with Crippen molar-refractivity contribution in [2.24, 2.45) is 5.92 Å². The Morgan fingerprint density at radius 3 is 2.65 bits per heavy atom. The lowest BCUT2D eigenvalue weighted by atomic mass is 10.0. The molecule has 0 spiro atoms. The average Bonchev–Trinajstić information content (AvgIpc) is 2.88. The maximum Gasteiger partial charge on any atom is 0.326 e. The minimum absolute atomic E-state index is 0.183. The Kier molecular flexibility index (Phi) is 5.76. The van der Waals surface area contributed by atoms with Crippen molar-refractivity contribution in [1.29, 1.82) is 0 Å². The summed E-state index contributed by atoms with van der Waals surface area (Å²) in [7, 11) is 0. The van der Waals surface area contributed by atoms with E-state index in [0.29, 0.717) is 25.2 Å². The lowest BCUT2D eigenvalue weighted by Gasteiger charge is -2.23. The molecule has 128 valence electrons. The number of rotatable bonds is 6. The van der Waals surface area contributed by atoms with Gasteiger partial charge in [0.05, 0.1) is 17.8 Å². The lowest BCUT2D eigenvalue weighted by molar-refractivity contribution is -0.139. The monoisotopic (exact) mass is 323 g/mol. The van der Waals surface area contributed by atoms with Crippen molar-refractivity contribution in [1.82, 2.24) is 15.1 Å². The predicted octanol–water partition coefficient (Wildman–Crippen LogP) is 1.77. The molecule has 1 atom stereocenters. The molecule has 0 aliphatic carbocycles. The number of aliphatic carboxylic acids is 1. The highest BCUT2D eigenvalue weighted by molar-refractivity contribution is 5.97. The number of carboxylic acid groups (broad SMARTS) is 1. The molecule has 0 radical (unpaired) electrons. The van der Waals surface area contributed by atoms with Crippen molar-refractivity contribution in [3.8, 4) is 0 Å². The van der Waals surface area contributed by atoms with E-state index in [1.54, 1.807) is 0 Å². The van der Waals surface area contributed by atoms with Crippen LogP contribution in [0.4, 0.5) is 0 Å². The van der Waals surface area contributed by atoms with Crippen molar-refractivity contribution in [2.75, 3.05) is 13.2 Å². The molecule has 1 saturated heterocycles. The molecule has 1 amide bonds. The number of carbonyl (C=O) groups is 2. The number of carboxylic acids is 1. The van der Waals surface area contributed by atoms with Gasteiger partial charge in [0, 0.05) is 18.9 Å². The summed E-state index contributed by atoms with van der Waals surface area (Å²) in [5, 5.41) is 16.2. The first-order valence-electron chi connectivity index (χ1n) is 8.05. The van der Waals surface area contributed by atoms with Gasteiger partial charge < -0.3 is 15.2 Å². The van der Waals surface area contributed by atoms with Gasteiger partial charge in [-0.25, -0.2) is 4.79 Å². The van der Waals surface area contributed by atoms with E-state index < -0.39 is 12.0 Å². The van der Waals surface area contributed by atoms with Crippen LogP contribution in [0, 0.1) is 12.8 Å². The number of hydrogen-bond donors (Lipinski definition) is 2. The van der Waals surface area contributed by atoms with Gasteiger partial charge in [-0.15, -0.1) is 0 Å². The quantitative estimate of drug-likeness (QED) is 0.832. The van der Waals surface area contributed by atoms with Crippen molar-refractivity contribution < 1.29 is 19.4 Å². The number of hydrogen-bond acceptors (Lipinski definition) is 4. The summed E-state index contributed by atoms with van der Waals surface area (Å²) in [6.45, 7) is 7.09. The molecule has 2 N–H and O–H groups in total. The Labute approximate surface area is 136 Å². The lowest BCUT2D eigenvalue weighted by Crippen LogP contribution is -2.41. The summed E-state index contributed by atoms with van der Waals surface area (Å²) >= 11 is 0. The van der Waals surface area contributed by atoms with Crippen molar-refractivity contribution in [3.05, 3.63) is 17.5 Å². The van der Waals surface area contributed by atoms with Crippen LogP contribution in [0.1, 0.15) is 55.2 Å². The highest BCUT2D eigenvalue weighted by Gasteiger charge is 2.25. The molecule has 0 unspecified atom stereocenters. The highest BCUT2D eigenvalue weighted by Crippen LogP contribution is 2.23. The van der Waals surface area contributed by atoms with Gasteiger partial charge in [0.25, 0.3) is 5.91 Å². The zero-order valence-electron chi connectivity index (χ0n) is 13.9. The Bertz CT molecular complexity index is 562. The van der Waals surface area contributed by atoms with E-state index >= 15 is 0 Å². The summed E-state index contributed by atoms with van der Waals surface area (Å²) in [6.07, 6.45) is 3.66. The number of aromatic nitrogens is 2. The second kappa shape index (κ2) is 7.59. The third kappa shape index (κ3) is 4.31. The van der Waals surface area contributed by atoms with E-state index in [4.69, 9.17) is 4.74 Å². The number of nitrogens with one attached hydrogen (secondary N) is 1. The number of ether oxygens (including phenoxy) is 1. The molecular weight excluding hydrogens is 298 g/mol. The first kappa shape index (κ1) is 17.5. The molecule has 7 nitrogen and oxygen atoms in total. The van der Waals surface area contributed by atoms with Gasteiger partial charge in [0.1, 0.15) is 6.04 Å². The molecule has 1 aliphatic heterocycles.